The van der Waals surface area contributed by atoms with Gasteiger partial charge in [0.1, 0.15) is 11.6 Å². The van der Waals surface area contributed by atoms with Crippen molar-refractivity contribution in [3.63, 3.8) is 0 Å². The molecule has 1 N–H and O–H groups in total. The third-order valence-electron chi connectivity index (χ3n) is 1.95. The molecule has 0 aliphatic carbocycles. The second kappa shape index (κ2) is 5.11. The zero-order valence-electron chi connectivity index (χ0n) is 8.09. The number of aryl methyl sites for hydroxylation is 1. The van der Waals surface area contributed by atoms with Crippen molar-refractivity contribution in [2.24, 2.45) is 0 Å². The van der Waals surface area contributed by atoms with Gasteiger partial charge in [-0.2, -0.15) is 0 Å². The molecular weight excluding hydrogens is 267 g/mol. The van der Waals surface area contributed by atoms with Crippen LogP contribution < -0.4 is 4.74 Å². The van der Waals surface area contributed by atoms with Crippen molar-refractivity contribution < 1.29 is 19.0 Å². The van der Waals surface area contributed by atoms with E-state index in [1.165, 1.54) is 13.2 Å². The van der Waals surface area contributed by atoms with E-state index >= 15 is 0 Å². The summed E-state index contributed by atoms with van der Waals surface area (Å²) >= 11 is 3.05. The third kappa shape index (κ3) is 2.92. The molecule has 0 unspecified atom stereocenters. The first-order valence-corrected chi connectivity index (χ1v) is 5.08. The Morgan fingerprint density at radius 1 is 1.60 bits per heavy atom. The molecule has 5 heteroatoms. The molecule has 0 saturated heterocycles. The van der Waals surface area contributed by atoms with Crippen molar-refractivity contribution in [1.82, 2.24) is 0 Å². The molecule has 1 aromatic carbocycles. The Morgan fingerprint density at radius 2 is 2.27 bits per heavy atom. The largest absolute Gasteiger partial charge is 0.495 e. The Kier molecular flexibility index (Phi) is 4.08. The van der Waals surface area contributed by atoms with Gasteiger partial charge in [0, 0.05) is 6.42 Å². The van der Waals surface area contributed by atoms with Gasteiger partial charge in [0.05, 0.1) is 11.6 Å². The summed E-state index contributed by atoms with van der Waals surface area (Å²) in [4.78, 5) is 10.3. The SMILES string of the molecule is COc1ccc(CCC(=O)O)c(F)c1Br. The van der Waals surface area contributed by atoms with E-state index in [9.17, 15) is 9.18 Å². The van der Waals surface area contributed by atoms with E-state index in [1.54, 1.807) is 6.07 Å². The molecule has 0 atom stereocenters. The van der Waals surface area contributed by atoms with Gasteiger partial charge in [-0.25, -0.2) is 4.39 Å². The highest BCUT2D eigenvalue weighted by molar-refractivity contribution is 9.10. The maximum absolute atomic E-state index is 13.6. The minimum absolute atomic E-state index is 0.0876. The molecule has 3 nitrogen and oxygen atoms in total. The molecule has 0 fully saturated rings. The fourth-order valence-electron chi connectivity index (χ4n) is 1.16. The Labute approximate surface area is 95.0 Å². The van der Waals surface area contributed by atoms with Gasteiger partial charge in [0.25, 0.3) is 0 Å². The summed E-state index contributed by atoms with van der Waals surface area (Å²) in [5, 5.41) is 8.48. The maximum Gasteiger partial charge on any atom is 0.303 e. The van der Waals surface area contributed by atoms with Gasteiger partial charge in [-0.1, -0.05) is 6.07 Å². The molecule has 0 aliphatic rings. The first kappa shape index (κ1) is 12.0. The Bertz CT molecular complexity index is 379. The van der Waals surface area contributed by atoms with Gasteiger partial charge >= 0.3 is 5.97 Å². The summed E-state index contributed by atoms with van der Waals surface area (Å²) in [6, 6.07) is 3.13. The van der Waals surface area contributed by atoms with Crippen LogP contribution in [0.5, 0.6) is 5.75 Å². The average molecular weight is 277 g/mol. The van der Waals surface area contributed by atoms with E-state index in [0.29, 0.717) is 11.3 Å². The van der Waals surface area contributed by atoms with Crippen LogP contribution in [0.1, 0.15) is 12.0 Å². The molecule has 0 spiro atoms. The van der Waals surface area contributed by atoms with E-state index in [4.69, 9.17) is 9.84 Å². The molecule has 15 heavy (non-hydrogen) atoms. The molecule has 0 amide bonds. The van der Waals surface area contributed by atoms with Gasteiger partial charge in [0.15, 0.2) is 0 Å². The second-order valence-electron chi connectivity index (χ2n) is 2.95. The van der Waals surface area contributed by atoms with E-state index in [1.807, 2.05) is 0 Å². The Balaban J connectivity index is 2.91. The summed E-state index contributed by atoms with van der Waals surface area (Å²) in [7, 11) is 1.44. The molecule has 0 aromatic heterocycles. The highest BCUT2D eigenvalue weighted by atomic mass is 79.9. The smallest absolute Gasteiger partial charge is 0.303 e. The lowest BCUT2D eigenvalue weighted by Gasteiger charge is -2.07. The molecule has 0 radical (unpaired) electrons. The predicted molar refractivity (Wildman–Crippen MR) is 56.6 cm³/mol. The topological polar surface area (TPSA) is 46.5 Å². The number of carboxylic acid groups (broad SMARTS) is 1. The van der Waals surface area contributed by atoms with Gasteiger partial charge in [-0.05, 0) is 34.0 Å². The number of hydrogen-bond donors (Lipinski definition) is 1. The molecule has 1 rings (SSSR count). The lowest BCUT2D eigenvalue weighted by Crippen LogP contribution is -2.00. The number of benzene rings is 1. The van der Waals surface area contributed by atoms with Gasteiger partial charge < -0.3 is 9.84 Å². The number of rotatable bonds is 4. The third-order valence-corrected chi connectivity index (χ3v) is 2.69. The maximum atomic E-state index is 13.6. The lowest BCUT2D eigenvalue weighted by molar-refractivity contribution is -0.136. The minimum atomic E-state index is -0.943. The number of carbonyl (C=O) groups is 1. The zero-order valence-corrected chi connectivity index (χ0v) is 9.67. The van der Waals surface area contributed by atoms with Gasteiger partial charge in [-0.15, -0.1) is 0 Å². The second-order valence-corrected chi connectivity index (χ2v) is 3.74. The Morgan fingerprint density at radius 3 is 2.80 bits per heavy atom. The number of halogens is 2. The standard InChI is InChI=1S/C10H10BrFO3/c1-15-7-4-2-6(3-5-8(13)14)10(12)9(7)11/h2,4H,3,5H2,1H3,(H,13,14). The monoisotopic (exact) mass is 276 g/mol. The summed E-state index contributed by atoms with van der Waals surface area (Å²) in [6.45, 7) is 0. The van der Waals surface area contributed by atoms with Crippen LogP contribution in [0.3, 0.4) is 0 Å². The van der Waals surface area contributed by atoms with Crippen LogP contribution in [0, 0.1) is 5.82 Å². The van der Waals surface area contributed by atoms with Crippen LogP contribution in [-0.2, 0) is 11.2 Å². The van der Waals surface area contributed by atoms with Crippen molar-refractivity contribution in [3.8, 4) is 5.75 Å². The normalized spacial score (nSPS) is 10.1. The number of methoxy groups -OCH3 is 1. The molecule has 0 bridgehead atoms. The van der Waals surface area contributed by atoms with E-state index in [0.717, 1.165) is 0 Å². The molecule has 0 aliphatic heterocycles. The molecule has 0 heterocycles. The molecule has 1 aromatic rings. The number of hydrogen-bond acceptors (Lipinski definition) is 2. The van der Waals surface area contributed by atoms with E-state index in [2.05, 4.69) is 15.9 Å². The van der Waals surface area contributed by atoms with Crippen LogP contribution in [0.2, 0.25) is 0 Å². The lowest BCUT2D eigenvalue weighted by atomic mass is 10.1. The highest BCUT2D eigenvalue weighted by Gasteiger charge is 2.12. The Hall–Kier alpha value is -1.10. The van der Waals surface area contributed by atoms with Crippen LogP contribution in [0.25, 0.3) is 0 Å². The summed E-state index contributed by atoms with van der Waals surface area (Å²) < 4.78 is 18.7. The van der Waals surface area contributed by atoms with Crippen molar-refractivity contribution in [3.05, 3.63) is 28.0 Å². The molecule has 82 valence electrons. The van der Waals surface area contributed by atoms with E-state index < -0.39 is 11.8 Å². The summed E-state index contributed by atoms with van der Waals surface area (Å²) in [5.41, 5.74) is 0.366. The van der Waals surface area contributed by atoms with Crippen molar-refractivity contribution in [2.45, 2.75) is 12.8 Å². The van der Waals surface area contributed by atoms with Crippen LogP contribution in [0.15, 0.2) is 16.6 Å². The number of aliphatic carboxylic acids is 1. The van der Waals surface area contributed by atoms with Crippen LogP contribution in [0.4, 0.5) is 4.39 Å². The average Bonchev–Trinajstić information content (AvgIpc) is 2.20. The number of ether oxygens (including phenoxy) is 1. The fraction of sp³-hybridized carbons (Fsp3) is 0.300. The minimum Gasteiger partial charge on any atom is -0.495 e. The summed E-state index contributed by atoms with van der Waals surface area (Å²) in [6.07, 6.45) is 0.0828. The fourth-order valence-corrected chi connectivity index (χ4v) is 1.71. The summed E-state index contributed by atoms with van der Waals surface area (Å²) in [5.74, 6) is -1.01. The van der Waals surface area contributed by atoms with Crippen LogP contribution in [-0.4, -0.2) is 18.2 Å². The van der Waals surface area contributed by atoms with Gasteiger partial charge in [-0.3, -0.25) is 4.79 Å². The van der Waals surface area contributed by atoms with Crippen LogP contribution >= 0.6 is 15.9 Å². The van der Waals surface area contributed by atoms with Crippen molar-refractivity contribution in [1.29, 1.82) is 0 Å². The van der Waals surface area contributed by atoms with Crippen molar-refractivity contribution in [2.75, 3.05) is 7.11 Å². The molecule has 0 saturated carbocycles. The highest BCUT2D eigenvalue weighted by Crippen LogP contribution is 2.30. The molecular formula is C10H10BrFO3. The van der Waals surface area contributed by atoms with Gasteiger partial charge in [0.2, 0.25) is 0 Å². The predicted octanol–water partition coefficient (Wildman–Crippen LogP) is 2.61. The van der Waals surface area contributed by atoms with E-state index in [-0.39, 0.29) is 17.3 Å². The quantitative estimate of drug-likeness (QED) is 0.920. The number of carboxylic acids is 1. The first-order valence-electron chi connectivity index (χ1n) is 4.29. The zero-order chi connectivity index (χ0) is 11.4. The van der Waals surface area contributed by atoms with Crippen molar-refractivity contribution >= 4 is 21.9 Å². The first-order chi connectivity index (χ1) is 7.06.